The molecule has 0 saturated heterocycles. The molecule has 0 amide bonds. The molecule has 0 aliphatic heterocycles. The van der Waals surface area contributed by atoms with Crippen molar-refractivity contribution in [3.05, 3.63) is 0 Å². The van der Waals surface area contributed by atoms with E-state index >= 15 is 0 Å². The van der Waals surface area contributed by atoms with E-state index in [2.05, 4.69) is 13.8 Å². The molecule has 0 nitrogen and oxygen atoms in total. The molecule has 0 heterocycles. The van der Waals surface area contributed by atoms with Crippen LogP contribution in [0, 0.1) is 0 Å². The average Bonchev–Trinajstić information content (AvgIpc) is 1.39. The van der Waals surface area contributed by atoms with Crippen LogP contribution in [0.1, 0.15) is 20.3 Å². The van der Waals surface area contributed by atoms with Gasteiger partial charge in [-0.25, -0.2) is 0 Å². The Labute approximate surface area is 54.9 Å². The van der Waals surface area contributed by atoms with Gasteiger partial charge in [-0.15, -0.1) is 0 Å². The summed E-state index contributed by atoms with van der Waals surface area (Å²) in [7, 11) is 9.90. The molecule has 0 rings (SSSR count). The fourth-order valence-electron chi connectivity index (χ4n) is 0. The molecule has 0 fully saturated rings. The minimum atomic E-state index is -0.931. The number of hydrogen-bond acceptors (Lipinski definition) is 0. The Kier molecular flexibility index (Phi) is 27.9. The third-order valence-corrected chi connectivity index (χ3v) is 0. The van der Waals surface area contributed by atoms with Crippen LogP contribution in [0.15, 0.2) is 0 Å². The first-order chi connectivity index (χ1) is 2.83. The van der Waals surface area contributed by atoms with Crippen molar-refractivity contribution in [1.29, 1.82) is 0 Å². The summed E-state index contributed by atoms with van der Waals surface area (Å²) in [6.07, 6.45) is 1.25. The maximum absolute atomic E-state index is 4.95. The van der Waals surface area contributed by atoms with E-state index in [1.54, 1.807) is 0 Å². The molecule has 0 saturated carbocycles. The zero-order chi connectivity index (χ0) is 5.41. The number of halogens is 2. The molecular weight excluding hydrogens is 172 g/mol. The van der Waals surface area contributed by atoms with E-state index in [0.29, 0.717) is 0 Å². The van der Waals surface area contributed by atoms with Crippen molar-refractivity contribution in [2.45, 2.75) is 20.3 Å². The molecule has 0 bridgehead atoms. The SMILES string of the molecule is CCC.[Cl][Zn][Cl]. The first-order valence-corrected chi connectivity index (χ1v) is 9.75. The summed E-state index contributed by atoms with van der Waals surface area (Å²) in [6.45, 7) is 4.25. The monoisotopic (exact) mass is 178 g/mol. The second-order valence-corrected chi connectivity index (χ2v) is 5.43. The van der Waals surface area contributed by atoms with Gasteiger partial charge in [0.05, 0.1) is 0 Å². The molecule has 0 aromatic heterocycles. The minimum absolute atomic E-state index is 0.931. The van der Waals surface area contributed by atoms with Gasteiger partial charge in [0.15, 0.2) is 0 Å². The van der Waals surface area contributed by atoms with E-state index in [9.17, 15) is 0 Å². The van der Waals surface area contributed by atoms with E-state index in [-0.39, 0.29) is 0 Å². The maximum atomic E-state index is 4.95. The van der Waals surface area contributed by atoms with Crippen molar-refractivity contribution in [3.8, 4) is 0 Å². The standard InChI is InChI=1S/C3H8.2ClH.Zn/c1-3-2;;;/h3H2,1-2H3;2*1H;/q;;;+2/p-2. The van der Waals surface area contributed by atoms with Crippen LogP contribution in [0.2, 0.25) is 0 Å². The van der Waals surface area contributed by atoms with Crippen LogP contribution in [-0.4, -0.2) is 0 Å². The van der Waals surface area contributed by atoms with Crippen LogP contribution in [-0.2, 0) is 15.1 Å². The quantitative estimate of drug-likeness (QED) is 0.503. The van der Waals surface area contributed by atoms with Crippen LogP contribution in [0.4, 0.5) is 0 Å². The van der Waals surface area contributed by atoms with Crippen molar-refractivity contribution in [3.63, 3.8) is 0 Å². The summed E-state index contributed by atoms with van der Waals surface area (Å²) in [5, 5.41) is 0. The van der Waals surface area contributed by atoms with Crippen LogP contribution in [0.25, 0.3) is 0 Å². The van der Waals surface area contributed by atoms with Gasteiger partial charge in [-0.05, 0) is 0 Å². The third-order valence-electron chi connectivity index (χ3n) is 0. The Balaban J connectivity index is 0. The van der Waals surface area contributed by atoms with Crippen molar-refractivity contribution >= 4 is 19.4 Å². The second kappa shape index (κ2) is 16.4. The Hall–Kier alpha value is 1.20. The van der Waals surface area contributed by atoms with Gasteiger partial charge in [0.25, 0.3) is 0 Å². The normalized spacial score (nSPS) is 4.67. The Bertz CT molecular complexity index is 10.8. The van der Waals surface area contributed by atoms with Gasteiger partial charge >= 0.3 is 34.5 Å². The Morgan fingerprint density at radius 3 is 1.33 bits per heavy atom. The van der Waals surface area contributed by atoms with Gasteiger partial charge in [-0.1, -0.05) is 20.3 Å². The van der Waals surface area contributed by atoms with Crippen LogP contribution in [0.3, 0.4) is 0 Å². The molecule has 36 valence electrons. The molecule has 0 aromatic carbocycles. The van der Waals surface area contributed by atoms with Gasteiger partial charge < -0.3 is 0 Å². The molecule has 0 spiro atoms. The summed E-state index contributed by atoms with van der Waals surface area (Å²) < 4.78 is 0. The third kappa shape index (κ3) is 63.5. The topological polar surface area (TPSA) is 0 Å². The predicted octanol–water partition coefficient (Wildman–Crippen LogP) is 2.79. The molecule has 3 heteroatoms. The molecule has 0 aliphatic rings. The number of rotatable bonds is 0. The summed E-state index contributed by atoms with van der Waals surface area (Å²) >= 11 is -0.931. The number of hydrogen-bond donors (Lipinski definition) is 0. The van der Waals surface area contributed by atoms with Gasteiger partial charge in [0.1, 0.15) is 0 Å². The zero-order valence-corrected chi connectivity index (χ0v) is 8.65. The van der Waals surface area contributed by atoms with Gasteiger partial charge in [0, 0.05) is 0 Å². The Morgan fingerprint density at radius 1 is 1.33 bits per heavy atom. The van der Waals surface area contributed by atoms with E-state index < -0.39 is 15.1 Å². The van der Waals surface area contributed by atoms with Crippen molar-refractivity contribution in [2.75, 3.05) is 0 Å². The van der Waals surface area contributed by atoms with E-state index in [0.717, 1.165) is 0 Å². The van der Waals surface area contributed by atoms with Gasteiger partial charge in [-0.3, -0.25) is 0 Å². The average molecular weight is 180 g/mol. The van der Waals surface area contributed by atoms with E-state index in [1.165, 1.54) is 6.42 Å². The molecule has 0 atom stereocenters. The van der Waals surface area contributed by atoms with Gasteiger partial charge in [-0.2, -0.15) is 0 Å². The first-order valence-electron chi connectivity index (χ1n) is 1.95. The van der Waals surface area contributed by atoms with Crippen LogP contribution < -0.4 is 0 Å². The van der Waals surface area contributed by atoms with Crippen molar-refractivity contribution in [2.24, 2.45) is 0 Å². The van der Waals surface area contributed by atoms with Crippen LogP contribution in [0.5, 0.6) is 0 Å². The molecule has 0 aliphatic carbocycles. The summed E-state index contributed by atoms with van der Waals surface area (Å²) in [4.78, 5) is 0. The fraction of sp³-hybridized carbons (Fsp3) is 1.00. The second-order valence-electron chi connectivity index (χ2n) is 0.808. The summed E-state index contributed by atoms with van der Waals surface area (Å²) in [6, 6.07) is 0. The van der Waals surface area contributed by atoms with E-state index in [1.807, 2.05) is 0 Å². The van der Waals surface area contributed by atoms with Crippen molar-refractivity contribution < 1.29 is 15.1 Å². The molecule has 0 aromatic rings. The first kappa shape index (κ1) is 10.2. The molecule has 0 radical (unpaired) electrons. The van der Waals surface area contributed by atoms with Gasteiger partial charge in [0.2, 0.25) is 0 Å². The zero-order valence-electron chi connectivity index (χ0n) is 4.17. The molecule has 0 unspecified atom stereocenters. The van der Waals surface area contributed by atoms with Crippen molar-refractivity contribution in [1.82, 2.24) is 0 Å². The molecule has 0 N–H and O–H groups in total. The summed E-state index contributed by atoms with van der Waals surface area (Å²) in [5.41, 5.74) is 0. The summed E-state index contributed by atoms with van der Waals surface area (Å²) in [5.74, 6) is 0. The Morgan fingerprint density at radius 2 is 1.33 bits per heavy atom. The molecule has 6 heavy (non-hydrogen) atoms. The van der Waals surface area contributed by atoms with E-state index in [4.69, 9.17) is 19.4 Å². The van der Waals surface area contributed by atoms with Crippen LogP contribution >= 0.6 is 19.4 Å². The fourth-order valence-corrected chi connectivity index (χ4v) is 0. The predicted molar refractivity (Wildman–Crippen MR) is 27.7 cm³/mol. The molecular formula is C3H8Cl2Zn.